The van der Waals surface area contributed by atoms with E-state index in [9.17, 15) is 0 Å². The SMILES string of the molecule is Nc1c(Sc2cccc3cccnc23)ncnc1N1CCCc2ccccc21. The molecule has 0 aliphatic carbocycles. The maximum atomic E-state index is 6.56. The van der Waals surface area contributed by atoms with E-state index in [0.717, 1.165) is 46.0 Å². The van der Waals surface area contributed by atoms with Crippen molar-refractivity contribution in [1.29, 1.82) is 0 Å². The molecular formula is C22H19N5S. The first-order chi connectivity index (χ1) is 13.8. The molecule has 5 nitrogen and oxygen atoms in total. The van der Waals surface area contributed by atoms with Crippen molar-refractivity contribution in [3.63, 3.8) is 0 Å². The van der Waals surface area contributed by atoms with Crippen LogP contribution in [0.25, 0.3) is 10.9 Å². The molecule has 2 aromatic heterocycles. The van der Waals surface area contributed by atoms with Gasteiger partial charge in [0.2, 0.25) is 0 Å². The summed E-state index contributed by atoms with van der Waals surface area (Å²) in [4.78, 5) is 16.8. The van der Waals surface area contributed by atoms with E-state index in [1.165, 1.54) is 23.0 Å². The number of nitrogen functional groups attached to an aromatic ring is 1. The predicted molar refractivity (Wildman–Crippen MR) is 114 cm³/mol. The van der Waals surface area contributed by atoms with Gasteiger partial charge in [-0.05, 0) is 36.6 Å². The molecule has 5 rings (SSSR count). The van der Waals surface area contributed by atoms with Crippen molar-refractivity contribution in [2.45, 2.75) is 22.8 Å². The molecule has 0 fully saturated rings. The van der Waals surface area contributed by atoms with E-state index in [1.54, 1.807) is 6.33 Å². The Labute approximate surface area is 167 Å². The molecule has 1 aliphatic heterocycles. The summed E-state index contributed by atoms with van der Waals surface area (Å²) in [5.74, 6) is 0.776. The van der Waals surface area contributed by atoms with Crippen LogP contribution in [0.5, 0.6) is 0 Å². The summed E-state index contributed by atoms with van der Waals surface area (Å²) in [6, 6.07) is 18.6. The van der Waals surface area contributed by atoms with Crippen molar-refractivity contribution in [3.8, 4) is 0 Å². The highest BCUT2D eigenvalue weighted by molar-refractivity contribution is 7.99. The van der Waals surface area contributed by atoms with Crippen LogP contribution in [-0.2, 0) is 6.42 Å². The summed E-state index contributed by atoms with van der Waals surface area (Å²) >= 11 is 1.54. The number of para-hydroxylation sites is 2. The van der Waals surface area contributed by atoms with Gasteiger partial charge in [0.1, 0.15) is 17.0 Å². The third-order valence-corrected chi connectivity index (χ3v) is 6.06. The quantitative estimate of drug-likeness (QED) is 0.509. The van der Waals surface area contributed by atoms with Crippen LogP contribution in [0.2, 0.25) is 0 Å². The zero-order chi connectivity index (χ0) is 18.9. The average Bonchev–Trinajstić information content (AvgIpc) is 2.75. The van der Waals surface area contributed by atoms with Gasteiger partial charge in [-0.1, -0.05) is 48.2 Å². The van der Waals surface area contributed by atoms with Gasteiger partial charge in [-0.3, -0.25) is 4.98 Å². The normalized spacial score (nSPS) is 13.5. The summed E-state index contributed by atoms with van der Waals surface area (Å²) in [5.41, 5.74) is 10.6. The van der Waals surface area contributed by atoms with E-state index < -0.39 is 0 Å². The summed E-state index contributed by atoms with van der Waals surface area (Å²) in [5, 5.41) is 1.86. The Hall–Kier alpha value is -3.12. The van der Waals surface area contributed by atoms with Crippen molar-refractivity contribution in [3.05, 3.63) is 72.7 Å². The Kier molecular flexibility index (Phi) is 4.33. The van der Waals surface area contributed by atoms with E-state index in [0.29, 0.717) is 5.69 Å². The first-order valence-electron chi connectivity index (χ1n) is 9.29. The fraction of sp³-hybridized carbons (Fsp3) is 0.136. The summed E-state index contributed by atoms with van der Waals surface area (Å²) in [7, 11) is 0. The number of anilines is 3. The van der Waals surface area contributed by atoms with E-state index in [1.807, 2.05) is 18.3 Å². The van der Waals surface area contributed by atoms with E-state index in [2.05, 4.69) is 62.3 Å². The van der Waals surface area contributed by atoms with Crippen LogP contribution in [0.3, 0.4) is 0 Å². The lowest BCUT2D eigenvalue weighted by Crippen LogP contribution is -2.26. The summed E-state index contributed by atoms with van der Waals surface area (Å²) < 4.78 is 0. The molecular weight excluding hydrogens is 366 g/mol. The number of benzene rings is 2. The lowest BCUT2D eigenvalue weighted by atomic mass is 10.0. The molecule has 1 aliphatic rings. The number of hydrogen-bond donors (Lipinski definition) is 1. The standard InChI is InChI=1S/C22H19N5S/c23-19-21(27-13-5-9-15-6-1-2-10-17(15)27)25-14-26-22(19)28-18-11-3-7-16-8-4-12-24-20(16)18/h1-4,6-8,10-12,14H,5,9,13,23H2. The molecule has 0 bridgehead atoms. The van der Waals surface area contributed by atoms with Crippen LogP contribution >= 0.6 is 11.8 Å². The highest BCUT2D eigenvalue weighted by Gasteiger charge is 2.22. The van der Waals surface area contributed by atoms with Crippen molar-refractivity contribution in [1.82, 2.24) is 15.0 Å². The molecule has 28 heavy (non-hydrogen) atoms. The van der Waals surface area contributed by atoms with Gasteiger partial charge in [-0.15, -0.1) is 0 Å². The number of fused-ring (bicyclic) bond motifs is 2. The second-order valence-electron chi connectivity index (χ2n) is 6.73. The molecule has 6 heteroatoms. The molecule has 0 saturated carbocycles. The molecule has 4 aromatic rings. The lowest BCUT2D eigenvalue weighted by molar-refractivity contribution is 0.757. The largest absolute Gasteiger partial charge is 0.394 e. The van der Waals surface area contributed by atoms with Crippen molar-refractivity contribution < 1.29 is 0 Å². The third kappa shape index (κ3) is 2.96. The van der Waals surface area contributed by atoms with Crippen molar-refractivity contribution in [2.75, 3.05) is 17.2 Å². The number of rotatable bonds is 3. The van der Waals surface area contributed by atoms with Crippen LogP contribution in [0.1, 0.15) is 12.0 Å². The van der Waals surface area contributed by atoms with E-state index in [4.69, 9.17) is 5.73 Å². The zero-order valence-corrected chi connectivity index (χ0v) is 16.1. The van der Waals surface area contributed by atoms with Gasteiger partial charge in [0, 0.05) is 28.7 Å². The molecule has 2 aromatic carbocycles. The molecule has 3 heterocycles. The minimum atomic E-state index is 0.608. The fourth-order valence-corrected chi connectivity index (χ4v) is 4.61. The first-order valence-corrected chi connectivity index (χ1v) is 10.1. The monoisotopic (exact) mass is 385 g/mol. The van der Waals surface area contributed by atoms with Crippen LogP contribution in [0.4, 0.5) is 17.2 Å². The van der Waals surface area contributed by atoms with Crippen molar-refractivity contribution >= 4 is 39.9 Å². The maximum Gasteiger partial charge on any atom is 0.160 e. The van der Waals surface area contributed by atoms with Gasteiger partial charge in [0.05, 0.1) is 5.52 Å². The number of pyridine rings is 1. The maximum absolute atomic E-state index is 6.56. The zero-order valence-electron chi connectivity index (χ0n) is 15.2. The summed E-state index contributed by atoms with van der Waals surface area (Å²) in [6.07, 6.45) is 5.58. The first kappa shape index (κ1) is 17.0. The molecule has 0 atom stereocenters. The molecule has 2 N–H and O–H groups in total. The number of aromatic nitrogens is 3. The minimum absolute atomic E-state index is 0.608. The van der Waals surface area contributed by atoms with Gasteiger partial charge >= 0.3 is 0 Å². The topological polar surface area (TPSA) is 67.9 Å². The van der Waals surface area contributed by atoms with Gasteiger partial charge in [0.25, 0.3) is 0 Å². The second-order valence-corrected chi connectivity index (χ2v) is 7.76. The van der Waals surface area contributed by atoms with Gasteiger partial charge in [0.15, 0.2) is 5.82 Å². The average molecular weight is 385 g/mol. The predicted octanol–water partition coefficient (Wildman–Crippen LogP) is 4.84. The van der Waals surface area contributed by atoms with Gasteiger partial charge in [-0.2, -0.15) is 0 Å². The van der Waals surface area contributed by atoms with E-state index >= 15 is 0 Å². The van der Waals surface area contributed by atoms with Crippen LogP contribution in [0.15, 0.2) is 77.0 Å². The Morgan fingerprint density at radius 3 is 2.79 bits per heavy atom. The third-order valence-electron chi connectivity index (χ3n) is 4.99. The highest BCUT2D eigenvalue weighted by Crippen LogP contribution is 2.40. The van der Waals surface area contributed by atoms with E-state index in [-0.39, 0.29) is 0 Å². The Balaban J connectivity index is 1.55. The van der Waals surface area contributed by atoms with Crippen LogP contribution in [-0.4, -0.2) is 21.5 Å². The number of aryl methyl sites for hydroxylation is 1. The molecule has 0 amide bonds. The Morgan fingerprint density at radius 1 is 0.929 bits per heavy atom. The summed E-state index contributed by atoms with van der Waals surface area (Å²) in [6.45, 7) is 0.901. The fourth-order valence-electron chi connectivity index (χ4n) is 3.68. The smallest absolute Gasteiger partial charge is 0.160 e. The highest BCUT2D eigenvalue weighted by atomic mass is 32.2. The number of nitrogens with zero attached hydrogens (tertiary/aromatic N) is 4. The Morgan fingerprint density at radius 2 is 1.82 bits per heavy atom. The minimum Gasteiger partial charge on any atom is -0.394 e. The molecule has 0 unspecified atom stereocenters. The molecule has 0 saturated heterocycles. The molecule has 0 radical (unpaired) electrons. The van der Waals surface area contributed by atoms with Crippen molar-refractivity contribution in [2.24, 2.45) is 0 Å². The Bertz CT molecular complexity index is 1160. The van der Waals surface area contributed by atoms with Crippen LogP contribution in [0, 0.1) is 0 Å². The second kappa shape index (κ2) is 7.13. The van der Waals surface area contributed by atoms with Gasteiger partial charge < -0.3 is 10.6 Å². The number of nitrogens with two attached hydrogens (primary N) is 1. The van der Waals surface area contributed by atoms with Gasteiger partial charge in [-0.25, -0.2) is 9.97 Å². The van der Waals surface area contributed by atoms with Crippen LogP contribution < -0.4 is 10.6 Å². The number of hydrogen-bond acceptors (Lipinski definition) is 6. The molecule has 0 spiro atoms. The lowest BCUT2D eigenvalue weighted by Gasteiger charge is -2.31. The molecule has 138 valence electrons.